The Morgan fingerprint density at radius 3 is 2.13 bits per heavy atom. The molecule has 31 heavy (non-hydrogen) atoms. The Bertz CT molecular complexity index is 1580. The molecule has 154 valence electrons. The SMILES string of the molecule is Nc1nc2cc(Cl)c(Cl)cc2nc1-c1cc2ccccc2n1S(=O)(=O)c1ccccc1. The van der Waals surface area contributed by atoms with Crippen LogP contribution in [0, 0.1) is 0 Å². The Hall–Kier alpha value is -3.13. The van der Waals surface area contributed by atoms with Gasteiger partial charge in [-0.1, -0.05) is 59.6 Å². The van der Waals surface area contributed by atoms with Crippen LogP contribution in [0.4, 0.5) is 5.82 Å². The van der Waals surface area contributed by atoms with Crippen molar-refractivity contribution in [3.8, 4) is 11.4 Å². The van der Waals surface area contributed by atoms with E-state index in [-0.39, 0.29) is 16.4 Å². The molecule has 2 N–H and O–H groups in total. The molecule has 2 heterocycles. The summed E-state index contributed by atoms with van der Waals surface area (Å²) in [6.45, 7) is 0. The van der Waals surface area contributed by atoms with Crippen LogP contribution in [-0.4, -0.2) is 22.4 Å². The fourth-order valence-corrected chi connectivity index (χ4v) is 5.36. The van der Waals surface area contributed by atoms with Crippen LogP contribution in [0.5, 0.6) is 0 Å². The molecule has 0 unspecified atom stereocenters. The van der Waals surface area contributed by atoms with E-state index in [0.717, 1.165) is 5.39 Å². The fraction of sp³-hybridized carbons (Fsp3) is 0. The average Bonchev–Trinajstić information content (AvgIpc) is 3.15. The maximum Gasteiger partial charge on any atom is 0.268 e. The third-order valence-corrected chi connectivity index (χ3v) is 7.39. The monoisotopic (exact) mass is 468 g/mol. The zero-order valence-electron chi connectivity index (χ0n) is 15.8. The number of anilines is 1. The van der Waals surface area contributed by atoms with Crippen molar-refractivity contribution in [3.05, 3.63) is 82.8 Å². The predicted octanol–water partition coefficient (Wildman–Crippen LogP) is 5.38. The van der Waals surface area contributed by atoms with E-state index in [2.05, 4.69) is 9.97 Å². The quantitative estimate of drug-likeness (QED) is 0.383. The molecule has 5 aromatic rings. The van der Waals surface area contributed by atoms with E-state index in [1.54, 1.807) is 60.7 Å². The summed E-state index contributed by atoms with van der Waals surface area (Å²) < 4.78 is 28.5. The van der Waals surface area contributed by atoms with Gasteiger partial charge in [0.1, 0.15) is 5.69 Å². The van der Waals surface area contributed by atoms with Gasteiger partial charge in [-0.15, -0.1) is 0 Å². The lowest BCUT2D eigenvalue weighted by Crippen LogP contribution is -2.15. The highest BCUT2D eigenvalue weighted by molar-refractivity contribution is 7.90. The van der Waals surface area contributed by atoms with Gasteiger partial charge in [0.05, 0.1) is 37.2 Å². The molecule has 0 saturated carbocycles. The number of nitrogens with two attached hydrogens (primary N) is 1. The van der Waals surface area contributed by atoms with Gasteiger partial charge >= 0.3 is 0 Å². The second-order valence-electron chi connectivity index (χ2n) is 6.88. The molecule has 5 rings (SSSR count). The van der Waals surface area contributed by atoms with E-state index >= 15 is 0 Å². The summed E-state index contributed by atoms with van der Waals surface area (Å²) in [7, 11) is -3.94. The van der Waals surface area contributed by atoms with Gasteiger partial charge < -0.3 is 5.73 Å². The molecule has 0 saturated heterocycles. The molecule has 9 heteroatoms. The van der Waals surface area contributed by atoms with E-state index < -0.39 is 10.0 Å². The van der Waals surface area contributed by atoms with Gasteiger partial charge in [0.2, 0.25) is 0 Å². The van der Waals surface area contributed by atoms with Crippen LogP contribution < -0.4 is 5.73 Å². The van der Waals surface area contributed by atoms with E-state index in [1.807, 2.05) is 12.1 Å². The Labute approximate surface area is 187 Å². The van der Waals surface area contributed by atoms with Crippen LogP contribution in [-0.2, 0) is 10.0 Å². The number of aromatic nitrogens is 3. The van der Waals surface area contributed by atoms with Gasteiger partial charge in [-0.25, -0.2) is 22.4 Å². The van der Waals surface area contributed by atoms with Crippen molar-refractivity contribution < 1.29 is 8.42 Å². The largest absolute Gasteiger partial charge is 0.382 e. The average molecular weight is 469 g/mol. The molecule has 0 radical (unpaired) electrons. The fourth-order valence-electron chi connectivity index (χ4n) is 3.51. The third kappa shape index (κ3) is 3.22. The standard InChI is InChI=1S/C22H14Cl2N4O2S/c23-15-11-17-18(12-16(15)24)27-22(25)21(26-17)20-10-13-6-4-5-9-19(13)28(20)31(29,30)14-7-2-1-3-8-14/h1-12H,(H2,25,27). The first kappa shape index (κ1) is 19.8. The summed E-state index contributed by atoms with van der Waals surface area (Å²) in [5.41, 5.74) is 8.19. The summed E-state index contributed by atoms with van der Waals surface area (Å²) in [6.07, 6.45) is 0. The number of nitrogen functional groups attached to an aromatic ring is 1. The molecule has 0 fully saturated rings. The van der Waals surface area contributed by atoms with E-state index in [9.17, 15) is 8.42 Å². The topological polar surface area (TPSA) is 90.9 Å². The van der Waals surface area contributed by atoms with Crippen LogP contribution in [0.1, 0.15) is 0 Å². The minimum Gasteiger partial charge on any atom is -0.382 e. The molecule has 3 aromatic carbocycles. The number of hydrogen-bond acceptors (Lipinski definition) is 5. The maximum absolute atomic E-state index is 13.6. The van der Waals surface area contributed by atoms with Crippen molar-refractivity contribution in [1.82, 2.24) is 13.9 Å². The van der Waals surface area contributed by atoms with Gasteiger partial charge in [0.25, 0.3) is 10.0 Å². The van der Waals surface area contributed by atoms with E-state index in [4.69, 9.17) is 28.9 Å². The molecule has 0 atom stereocenters. The summed E-state index contributed by atoms with van der Waals surface area (Å²) in [5.74, 6) is 0.0817. The smallest absolute Gasteiger partial charge is 0.268 e. The van der Waals surface area contributed by atoms with Crippen LogP contribution in [0.3, 0.4) is 0 Å². The Morgan fingerprint density at radius 1 is 0.806 bits per heavy atom. The van der Waals surface area contributed by atoms with Crippen molar-refractivity contribution in [2.75, 3.05) is 5.73 Å². The molecule has 0 amide bonds. The van der Waals surface area contributed by atoms with Gasteiger partial charge in [-0.2, -0.15) is 0 Å². The molecular formula is C22H14Cl2N4O2S. The first-order chi connectivity index (χ1) is 14.9. The highest BCUT2D eigenvalue weighted by atomic mass is 35.5. The number of rotatable bonds is 3. The lowest BCUT2D eigenvalue weighted by atomic mass is 10.2. The van der Waals surface area contributed by atoms with Crippen LogP contribution in [0.15, 0.2) is 77.7 Å². The van der Waals surface area contributed by atoms with Gasteiger partial charge in [0, 0.05) is 5.39 Å². The van der Waals surface area contributed by atoms with Gasteiger partial charge in [0.15, 0.2) is 5.82 Å². The zero-order chi connectivity index (χ0) is 21.8. The first-order valence-electron chi connectivity index (χ1n) is 9.20. The van der Waals surface area contributed by atoms with Crippen molar-refractivity contribution in [3.63, 3.8) is 0 Å². The van der Waals surface area contributed by atoms with Gasteiger partial charge in [-0.05, 0) is 36.4 Å². The van der Waals surface area contributed by atoms with Crippen molar-refractivity contribution in [1.29, 1.82) is 0 Å². The van der Waals surface area contributed by atoms with Crippen LogP contribution >= 0.6 is 23.2 Å². The summed E-state index contributed by atoms with van der Waals surface area (Å²) in [6, 6.07) is 20.3. The number of fused-ring (bicyclic) bond motifs is 2. The molecular weight excluding hydrogens is 455 g/mol. The van der Waals surface area contributed by atoms with Crippen molar-refractivity contribution in [2.24, 2.45) is 0 Å². The second kappa shape index (κ2) is 7.23. The Morgan fingerprint density at radius 2 is 1.42 bits per heavy atom. The Kier molecular flexibility index (Phi) is 4.62. The molecule has 6 nitrogen and oxygen atoms in total. The van der Waals surface area contributed by atoms with Crippen molar-refractivity contribution in [2.45, 2.75) is 4.90 Å². The number of halogens is 2. The summed E-state index contributed by atoms with van der Waals surface area (Å²) >= 11 is 12.2. The Balaban J connectivity index is 1.86. The normalized spacial score (nSPS) is 11.9. The molecule has 0 spiro atoms. The van der Waals surface area contributed by atoms with E-state index in [0.29, 0.717) is 32.3 Å². The zero-order valence-corrected chi connectivity index (χ0v) is 18.2. The first-order valence-corrected chi connectivity index (χ1v) is 11.4. The molecule has 0 aliphatic rings. The van der Waals surface area contributed by atoms with Crippen LogP contribution in [0.25, 0.3) is 33.3 Å². The highest BCUT2D eigenvalue weighted by Crippen LogP contribution is 2.35. The lowest BCUT2D eigenvalue weighted by molar-refractivity contribution is 0.589. The number of benzene rings is 3. The second-order valence-corrected chi connectivity index (χ2v) is 9.48. The third-order valence-electron chi connectivity index (χ3n) is 4.92. The van der Waals surface area contributed by atoms with Crippen LogP contribution in [0.2, 0.25) is 10.0 Å². The summed E-state index contributed by atoms with van der Waals surface area (Å²) in [4.78, 5) is 9.13. The molecule has 0 bridgehead atoms. The predicted molar refractivity (Wildman–Crippen MR) is 124 cm³/mol. The molecule has 2 aromatic heterocycles. The minimum absolute atomic E-state index is 0.0817. The summed E-state index contributed by atoms with van der Waals surface area (Å²) in [5, 5.41) is 1.38. The molecule has 0 aliphatic carbocycles. The van der Waals surface area contributed by atoms with E-state index in [1.165, 1.54) is 3.97 Å². The minimum atomic E-state index is -3.94. The molecule has 0 aliphatic heterocycles. The maximum atomic E-state index is 13.6. The number of para-hydroxylation sites is 1. The van der Waals surface area contributed by atoms with Gasteiger partial charge in [-0.3, -0.25) is 0 Å². The lowest BCUT2D eigenvalue weighted by Gasteiger charge is -2.13. The number of hydrogen-bond donors (Lipinski definition) is 1. The highest BCUT2D eigenvalue weighted by Gasteiger charge is 2.26. The van der Waals surface area contributed by atoms with Crippen molar-refractivity contribution >= 4 is 61.0 Å². The number of nitrogens with zero attached hydrogens (tertiary/aromatic N) is 3.